The first-order valence-electron chi connectivity index (χ1n) is 8.45. The van der Waals surface area contributed by atoms with Crippen LogP contribution in [0.3, 0.4) is 0 Å². The predicted octanol–water partition coefficient (Wildman–Crippen LogP) is 3.73. The smallest absolute Gasteiger partial charge is 0.265 e. The van der Waals surface area contributed by atoms with Gasteiger partial charge in [-0.15, -0.1) is 6.58 Å². The number of halogens is 1. The molecular weight excluding hydrogens is 396 g/mol. The first-order valence-corrected chi connectivity index (χ1v) is 9.24. The molecule has 0 bridgehead atoms. The Bertz CT molecular complexity index is 987. The number of carbonyl (C=O) groups is 2. The molecule has 0 unspecified atom stereocenters. The fourth-order valence-electron chi connectivity index (χ4n) is 2.66. The number of nitrogens with one attached hydrogen (secondary N) is 1. The molecule has 0 aliphatic carbocycles. The van der Waals surface area contributed by atoms with Gasteiger partial charge in [0, 0.05) is 17.1 Å². The Morgan fingerprint density at radius 1 is 1.18 bits per heavy atom. The predicted molar refractivity (Wildman–Crippen MR) is 113 cm³/mol. The molecule has 1 aliphatic rings. The van der Waals surface area contributed by atoms with Crippen LogP contribution in [-0.4, -0.2) is 28.4 Å². The van der Waals surface area contributed by atoms with Crippen LogP contribution in [0, 0.1) is 0 Å². The highest BCUT2D eigenvalue weighted by Crippen LogP contribution is 2.24. The maximum Gasteiger partial charge on any atom is 0.265 e. The standard InChI is InChI=1S/C21H17ClN2O3S/c1-2-10-24-20(26)17(19(25)23-21(24)28)12-15-7-3-4-9-18(15)27-13-14-6-5-8-16(22)11-14/h2-9,11-12H,1,10,13H2,(H,23,25,28)/b17-12+. The van der Waals surface area contributed by atoms with Crippen LogP contribution in [0.15, 0.2) is 66.8 Å². The number of nitrogens with zero attached hydrogens (tertiary/aromatic N) is 1. The minimum absolute atomic E-state index is 0.0192. The minimum atomic E-state index is -0.542. The largest absolute Gasteiger partial charge is 0.488 e. The number of para-hydroxylation sites is 1. The molecule has 1 heterocycles. The Hall–Kier alpha value is -2.96. The highest BCUT2D eigenvalue weighted by atomic mass is 35.5. The van der Waals surface area contributed by atoms with E-state index in [4.69, 9.17) is 28.6 Å². The molecule has 1 N–H and O–H groups in total. The molecule has 1 fully saturated rings. The summed E-state index contributed by atoms with van der Waals surface area (Å²) < 4.78 is 5.88. The number of hydrogen-bond donors (Lipinski definition) is 1. The van der Waals surface area contributed by atoms with E-state index in [0.717, 1.165) is 5.56 Å². The van der Waals surface area contributed by atoms with Gasteiger partial charge in [-0.25, -0.2) is 0 Å². The van der Waals surface area contributed by atoms with Crippen molar-refractivity contribution in [2.24, 2.45) is 0 Å². The first kappa shape index (κ1) is 19.8. The van der Waals surface area contributed by atoms with Crippen molar-refractivity contribution in [1.82, 2.24) is 10.2 Å². The summed E-state index contributed by atoms with van der Waals surface area (Å²) in [5, 5.41) is 3.22. The fourth-order valence-corrected chi connectivity index (χ4v) is 3.13. The average Bonchev–Trinajstić information content (AvgIpc) is 2.67. The van der Waals surface area contributed by atoms with Crippen LogP contribution in [0.1, 0.15) is 11.1 Å². The maximum atomic E-state index is 12.7. The Morgan fingerprint density at radius 3 is 2.71 bits per heavy atom. The quantitative estimate of drug-likeness (QED) is 0.340. The molecule has 0 radical (unpaired) electrons. The highest BCUT2D eigenvalue weighted by Gasteiger charge is 2.32. The molecular formula is C21H17ClN2O3S. The molecule has 3 rings (SSSR count). The molecule has 0 aromatic heterocycles. The normalized spacial score (nSPS) is 15.5. The van der Waals surface area contributed by atoms with E-state index in [9.17, 15) is 9.59 Å². The van der Waals surface area contributed by atoms with Gasteiger partial charge in [-0.2, -0.15) is 0 Å². The van der Waals surface area contributed by atoms with E-state index in [0.29, 0.717) is 22.9 Å². The Kier molecular flexibility index (Phi) is 6.23. The zero-order valence-corrected chi connectivity index (χ0v) is 16.4. The molecule has 7 heteroatoms. The third-order valence-electron chi connectivity index (χ3n) is 4.00. The number of amides is 2. The van der Waals surface area contributed by atoms with Crippen molar-refractivity contribution in [3.05, 3.63) is 82.9 Å². The maximum absolute atomic E-state index is 12.7. The molecule has 1 saturated heterocycles. The van der Waals surface area contributed by atoms with Gasteiger partial charge in [0.2, 0.25) is 0 Å². The number of thiocarbonyl (C=S) groups is 1. The van der Waals surface area contributed by atoms with E-state index >= 15 is 0 Å². The van der Waals surface area contributed by atoms with Gasteiger partial charge in [-0.1, -0.05) is 48.0 Å². The molecule has 5 nitrogen and oxygen atoms in total. The summed E-state index contributed by atoms with van der Waals surface area (Å²) in [5.74, 6) is -0.475. The lowest BCUT2D eigenvalue weighted by molar-refractivity contribution is -0.128. The third-order valence-corrected chi connectivity index (χ3v) is 4.56. The molecule has 0 saturated carbocycles. The van der Waals surface area contributed by atoms with E-state index in [1.54, 1.807) is 30.3 Å². The zero-order chi connectivity index (χ0) is 20.1. The molecule has 0 spiro atoms. The zero-order valence-electron chi connectivity index (χ0n) is 14.9. The van der Waals surface area contributed by atoms with Gasteiger partial charge in [0.05, 0.1) is 0 Å². The summed E-state index contributed by atoms with van der Waals surface area (Å²) in [4.78, 5) is 26.3. The van der Waals surface area contributed by atoms with Gasteiger partial charge in [-0.3, -0.25) is 19.8 Å². The average molecular weight is 413 g/mol. The molecule has 2 aromatic carbocycles. The summed E-state index contributed by atoms with van der Waals surface area (Å²) in [6.07, 6.45) is 3.05. The SMILES string of the molecule is C=CCN1C(=O)/C(=C/c2ccccc2OCc2cccc(Cl)c2)C(=O)NC1=S. The van der Waals surface area contributed by atoms with Gasteiger partial charge in [-0.05, 0) is 42.1 Å². The summed E-state index contributed by atoms with van der Waals surface area (Å²) >= 11 is 11.1. The van der Waals surface area contributed by atoms with E-state index in [1.807, 2.05) is 24.3 Å². The second-order valence-corrected chi connectivity index (χ2v) is 6.80. The number of ether oxygens (including phenoxy) is 1. The third kappa shape index (κ3) is 4.47. The van der Waals surface area contributed by atoms with Crippen LogP contribution < -0.4 is 10.1 Å². The second-order valence-electron chi connectivity index (χ2n) is 5.98. The number of benzene rings is 2. The number of rotatable bonds is 6. The molecule has 28 heavy (non-hydrogen) atoms. The van der Waals surface area contributed by atoms with Crippen molar-refractivity contribution < 1.29 is 14.3 Å². The van der Waals surface area contributed by atoms with Crippen molar-refractivity contribution in [2.75, 3.05) is 6.54 Å². The summed E-state index contributed by atoms with van der Waals surface area (Å²) in [7, 11) is 0. The van der Waals surface area contributed by atoms with Crippen LogP contribution in [0.4, 0.5) is 0 Å². The Balaban J connectivity index is 1.87. The second kappa shape index (κ2) is 8.82. The van der Waals surface area contributed by atoms with Gasteiger partial charge < -0.3 is 4.74 Å². The van der Waals surface area contributed by atoms with Gasteiger partial charge in [0.1, 0.15) is 17.9 Å². The molecule has 0 atom stereocenters. The summed E-state index contributed by atoms with van der Waals surface area (Å²) in [5.41, 5.74) is 1.49. The first-order chi connectivity index (χ1) is 13.5. The minimum Gasteiger partial charge on any atom is -0.488 e. The van der Waals surface area contributed by atoms with Crippen LogP contribution in [0.2, 0.25) is 5.02 Å². The van der Waals surface area contributed by atoms with Crippen LogP contribution in [0.25, 0.3) is 6.08 Å². The highest BCUT2D eigenvalue weighted by molar-refractivity contribution is 7.80. The van der Waals surface area contributed by atoms with Crippen molar-refractivity contribution >= 4 is 46.8 Å². The van der Waals surface area contributed by atoms with Gasteiger partial charge in [0.25, 0.3) is 11.8 Å². The van der Waals surface area contributed by atoms with Gasteiger partial charge >= 0.3 is 0 Å². The van der Waals surface area contributed by atoms with Gasteiger partial charge in [0.15, 0.2) is 5.11 Å². The monoisotopic (exact) mass is 412 g/mol. The number of hydrogen-bond acceptors (Lipinski definition) is 4. The van der Waals surface area contributed by atoms with E-state index in [-0.39, 0.29) is 17.2 Å². The Labute approximate surface area is 173 Å². The lowest BCUT2D eigenvalue weighted by atomic mass is 10.1. The fraction of sp³-hybridized carbons (Fsp3) is 0.0952. The lowest BCUT2D eigenvalue weighted by Gasteiger charge is -2.27. The van der Waals surface area contributed by atoms with E-state index < -0.39 is 11.8 Å². The molecule has 2 aromatic rings. The molecule has 142 valence electrons. The topological polar surface area (TPSA) is 58.6 Å². The van der Waals surface area contributed by atoms with E-state index in [2.05, 4.69) is 11.9 Å². The molecule has 1 aliphatic heterocycles. The summed E-state index contributed by atoms with van der Waals surface area (Å²) in [6.45, 7) is 4.12. The Morgan fingerprint density at radius 2 is 1.96 bits per heavy atom. The van der Waals surface area contributed by atoms with Crippen molar-refractivity contribution in [3.8, 4) is 5.75 Å². The van der Waals surface area contributed by atoms with Crippen molar-refractivity contribution in [1.29, 1.82) is 0 Å². The van der Waals surface area contributed by atoms with E-state index in [1.165, 1.54) is 11.0 Å². The molecule has 2 amide bonds. The van der Waals surface area contributed by atoms with Crippen LogP contribution >= 0.6 is 23.8 Å². The van der Waals surface area contributed by atoms with Crippen LogP contribution in [0.5, 0.6) is 5.75 Å². The van der Waals surface area contributed by atoms with Crippen molar-refractivity contribution in [3.63, 3.8) is 0 Å². The summed E-state index contributed by atoms with van der Waals surface area (Å²) in [6, 6.07) is 14.5. The lowest BCUT2D eigenvalue weighted by Crippen LogP contribution is -2.53. The van der Waals surface area contributed by atoms with Crippen LogP contribution in [-0.2, 0) is 16.2 Å². The van der Waals surface area contributed by atoms with Crippen molar-refractivity contribution in [2.45, 2.75) is 6.61 Å². The number of carbonyl (C=O) groups excluding carboxylic acids is 2.